The Morgan fingerprint density at radius 1 is 1.08 bits per heavy atom. The largest absolute Gasteiger partial charge is 0.573 e. The molecule has 0 bridgehead atoms. The van der Waals surface area contributed by atoms with Gasteiger partial charge in [-0.25, -0.2) is 9.37 Å². The van der Waals surface area contributed by atoms with E-state index in [0.29, 0.717) is 24.6 Å². The lowest BCUT2D eigenvalue weighted by atomic mass is 10.0. The lowest BCUT2D eigenvalue weighted by Crippen LogP contribution is -2.39. The van der Waals surface area contributed by atoms with Gasteiger partial charge >= 0.3 is 6.36 Å². The number of nitrogens with one attached hydrogen (secondary N) is 1. The molecule has 1 saturated heterocycles. The summed E-state index contributed by atoms with van der Waals surface area (Å²) in [6.07, 6.45) is -2.11. The highest BCUT2D eigenvalue weighted by atomic mass is 19.4. The monoisotopic (exact) mass is 355 g/mol. The third-order valence-electron chi connectivity index (χ3n) is 4.01. The van der Waals surface area contributed by atoms with Crippen molar-refractivity contribution < 1.29 is 22.3 Å². The second kappa shape index (κ2) is 7.16. The Morgan fingerprint density at radius 3 is 2.40 bits per heavy atom. The van der Waals surface area contributed by atoms with Gasteiger partial charge < -0.3 is 15.0 Å². The van der Waals surface area contributed by atoms with Gasteiger partial charge in [0.25, 0.3) is 0 Å². The molecule has 1 aliphatic rings. The summed E-state index contributed by atoms with van der Waals surface area (Å²) in [5.74, 6) is -0.0296. The number of halogens is 4. The van der Waals surface area contributed by atoms with Crippen LogP contribution < -0.4 is 15.0 Å². The molecule has 3 rings (SSSR count). The molecule has 4 nitrogen and oxygen atoms in total. The molecule has 2 aromatic rings. The maximum absolute atomic E-state index is 13.7. The summed E-state index contributed by atoms with van der Waals surface area (Å²) in [6.45, 7) is 1.36. The number of anilines is 2. The number of nitrogens with zero attached hydrogens (tertiary/aromatic N) is 2. The third kappa shape index (κ3) is 4.74. The second-order valence-corrected chi connectivity index (χ2v) is 5.79. The molecule has 0 unspecified atom stereocenters. The van der Waals surface area contributed by atoms with Crippen molar-refractivity contribution in [2.24, 2.45) is 0 Å². The first kappa shape index (κ1) is 17.3. The molecule has 1 N–H and O–H groups in total. The molecule has 134 valence electrons. The van der Waals surface area contributed by atoms with Crippen molar-refractivity contribution in [2.75, 3.05) is 23.3 Å². The van der Waals surface area contributed by atoms with E-state index < -0.39 is 6.36 Å². The van der Waals surface area contributed by atoms with E-state index in [9.17, 15) is 17.6 Å². The van der Waals surface area contributed by atoms with Gasteiger partial charge in [-0.05, 0) is 37.1 Å². The van der Waals surface area contributed by atoms with Gasteiger partial charge in [-0.3, -0.25) is 0 Å². The first-order chi connectivity index (χ1) is 11.9. The van der Waals surface area contributed by atoms with E-state index in [1.165, 1.54) is 18.2 Å². The summed E-state index contributed by atoms with van der Waals surface area (Å²) in [5.41, 5.74) is 0.479. The van der Waals surface area contributed by atoms with E-state index in [1.54, 1.807) is 18.2 Å². The zero-order valence-electron chi connectivity index (χ0n) is 13.3. The molecule has 0 radical (unpaired) electrons. The summed E-state index contributed by atoms with van der Waals surface area (Å²) in [6, 6.07) is 9.41. The van der Waals surface area contributed by atoms with Crippen molar-refractivity contribution in [3.8, 4) is 5.75 Å². The van der Waals surface area contributed by atoms with Crippen LogP contribution in [0.3, 0.4) is 0 Å². The number of hydrogen-bond acceptors (Lipinski definition) is 4. The average molecular weight is 355 g/mol. The second-order valence-electron chi connectivity index (χ2n) is 5.79. The smallest absolute Gasteiger partial charge is 0.404 e. The Morgan fingerprint density at radius 2 is 1.80 bits per heavy atom. The summed E-state index contributed by atoms with van der Waals surface area (Å²) in [7, 11) is 0. The predicted molar refractivity (Wildman–Crippen MR) is 86.2 cm³/mol. The topological polar surface area (TPSA) is 37.4 Å². The molecule has 0 aliphatic carbocycles. The van der Waals surface area contributed by atoms with Crippen molar-refractivity contribution in [2.45, 2.75) is 25.2 Å². The molecule has 1 aromatic carbocycles. The van der Waals surface area contributed by atoms with Crippen molar-refractivity contribution in [1.82, 2.24) is 4.98 Å². The first-order valence-electron chi connectivity index (χ1n) is 7.88. The van der Waals surface area contributed by atoms with Crippen molar-refractivity contribution in [3.05, 3.63) is 48.4 Å². The summed E-state index contributed by atoms with van der Waals surface area (Å²) in [5, 5.41) is 3.19. The van der Waals surface area contributed by atoms with Crippen LogP contribution in [0.4, 0.5) is 29.1 Å². The van der Waals surface area contributed by atoms with Crippen molar-refractivity contribution in [3.63, 3.8) is 0 Å². The molecular formula is C17H17F4N3O. The maximum Gasteiger partial charge on any atom is 0.573 e. The van der Waals surface area contributed by atoms with E-state index in [4.69, 9.17) is 0 Å². The van der Waals surface area contributed by atoms with Crippen LogP contribution in [0.25, 0.3) is 0 Å². The van der Waals surface area contributed by atoms with Gasteiger partial charge in [-0.1, -0.05) is 12.1 Å². The first-order valence-corrected chi connectivity index (χ1v) is 7.88. The van der Waals surface area contributed by atoms with E-state index in [2.05, 4.69) is 15.0 Å². The van der Waals surface area contributed by atoms with Gasteiger partial charge in [-0.2, -0.15) is 0 Å². The molecule has 0 amide bonds. The molecule has 1 aromatic heterocycles. The standard InChI is InChI=1S/C17H17F4N3O/c18-14-3-1-2-4-15(14)23-12-7-9-24(10-8-12)16-6-5-13(11-22-16)25-17(19,20)21/h1-6,11-12,23H,7-10H2. The van der Waals surface area contributed by atoms with Gasteiger partial charge in [0.15, 0.2) is 0 Å². The number of ether oxygens (including phenoxy) is 1. The minimum atomic E-state index is -4.72. The fourth-order valence-electron chi connectivity index (χ4n) is 2.80. The average Bonchev–Trinajstić information content (AvgIpc) is 2.57. The number of rotatable bonds is 4. The summed E-state index contributed by atoms with van der Waals surface area (Å²) in [4.78, 5) is 6.01. The van der Waals surface area contributed by atoms with Gasteiger partial charge in [0.2, 0.25) is 0 Å². The van der Waals surface area contributed by atoms with Crippen molar-refractivity contribution in [1.29, 1.82) is 0 Å². The molecule has 8 heteroatoms. The van der Waals surface area contributed by atoms with Crippen LogP contribution in [-0.2, 0) is 0 Å². The fourth-order valence-corrected chi connectivity index (χ4v) is 2.80. The lowest BCUT2D eigenvalue weighted by Gasteiger charge is -2.33. The molecule has 0 atom stereocenters. The lowest BCUT2D eigenvalue weighted by molar-refractivity contribution is -0.274. The van der Waals surface area contributed by atoms with E-state index in [1.807, 2.05) is 4.90 Å². The number of aromatic nitrogens is 1. The number of benzene rings is 1. The molecule has 0 saturated carbocycles. The quantitative estimate of drug-likeness (QED) is 0.834. The predicted octanol–water partition coefficient (Wildman–Crippen LogP) is 4.20. The van der Waals surface area contributed by atoms with E-state index >= 15 is 0 Å². The number of pyridine rings is 1. The van der Waals surface area contributed by atoms with Gasteiger partial charge in [0.05, 0.1) is 11.9 Å². The molecular weight excluding hydrogens is 338 g/mol. The number of para-hydroxylation sites is 1. The fraction of sp³-hybridized carbons (Fsp3) is 0.353. The zero-order valence-corrected chi connectivity index (χ0v) is 13.3. The molecule has 0 spiro atoms. The van der Waals surface area contributed by atoms with Crippen LogP contribution in [0.15, 0.2) is 42.6 Å². The maximum atomic E-state index is 13.7. The minimum absolute atomic E-state index is 0.140. The summed E-state index contributed by atoms with van der Waals surface area (Å²) < 4.78 is 53.9. The highest BCUT2D eigenvalue weighted by molar-refractivity contribution is 5.46. The number of alkyl halides is 3. The molecule has 1 aliphatic heterocycles. The van der Waals surface area contributed by atoms with Gasteiger partial charge in [0, 0.05) is 19.1 Å². The zero-order chi connectivity index (χ0) is 17.9. The van der Waals surface area contributed by atoms with Crippen molar-refractivity contribution >= 4 is 11.5 Å². The highest BCUT2D eigenvalue weighted by Crippen LogP contribution is 2.25. The van der Waals surface area contributed by atoms with Crippen LogP contribution in [0, 0.1) is 5.82 Å². The Bertz CT molecular complexity index is 698. The number of piperidine rings is 1. The molecule has 2 heterocycles. The van der Waals surface area contributed by atoms with Gasteiger partial charge in [0.1, 0.15) is 17.4 Å². The Kier molecular flexibility index (Phi) is 4.96. The van der Waals surface area contributed by atoms with Crippen LogP contribution >= 0.6 is 0 Å². The van der Waals surface area contributed by atoms with Gasteiger partial charge in [-0.15, -0.1) is 13.2 Å². The Hall–Kier alpha value is -2.51. The van der Waals surface area contributed by atoms with Crippen LogP contribution in [0.2, 0.25) is 0 Å². The Balaban J connectivity index is 1.54. The van der Waals surface area contributed by atoms with E-state index in [0.717, 1.165) is 19.0 Å². The van der Waals surface area contributed by atoms with Crippen LogP contribution in [-0.4, -0.2) is 30.5 Å². The SMILES string of the molecule is Fc1ccccc1NC1CCN(c2ccc(OC(F)(F)F)cn2)CC1. The number of hydrogen-bond donors (Lipinski definition) is 1. The molecule has 25 heavy (non-hydrogen) atoms. The molecule has 1 fully saturated rings. The normalized spacial score (nSPS) is 15.9. The van der Waals surface area contributed by atoms with E-state index in [-0.39, 0.29) is 17.6 Å². The van der Waals surface area contributed by atoms with Crippen LogP contribution in [0.1, 0.15) is 12.8 Å². The Labute approximate surface area is 142 Å². The van der Waals surface area contributed by atoms with Crippen LogP contribution in [0.5, 0.6) is 5.75 Å². The minimum Gasteiger partial charge on any atom is -0.404 e. The third-order valence-corrected chi connectivity index (χ3v) is 4.01. The highest BCUT2D eigenvalue weighted by Gasteiger charge is 2.31. The summed E-state index contributed by atoms with van der Waals surface area (Å²) >= 11 is 0.